The number of anilines is 1. The fourth-order valence-electron chi connectivity index (χ4n) is 2.22. The van der Waals surface area contributed by atoms with Crippen LogP contribution in [0.3, 0.4) is 0 Å². The van der Waals surface area contributed by atoms with E-state index in [2.05, 4.69) is 26.1 Å². The molecule has 0 saturated heterocycles. The topological polar surface area (TPSA) is 85.4 Å². The van der Waals surface area contributed by atoms with Crippen LogP contribution in [0.4, 0.5) is 5.82 Å². The molecule has 0 aliphatic heterocycles. The average molecular weight is 250 g/mol. The zero-order valence-electron chi connectivity index (χ0n) is 9.91. The van der Waals surface area contributed by atoms with Gasteiger partial charge in [-0.05, 0) is 24.3 Å². The summed E-state index contributed by atoms with van der Waals surface area (Å²) in [6.07, 6.45) is 5.05. The molecule has 3 heterocycles. The van der Waals surface area contributed by atoms with Crippen LogP contribution in [0.25, 0.3) is 27.6 Å². The second-order valence-electron chi connectivity index (χ2n) is 4.30. The van der Waals surface area contributed by atoms with Gasteiger partial charge in [0, 0.05) is 17.1 Å². The van der Waals surface area contributed by atoms with E-state index < -0.39 is 0 Å². The molecule has 92 valence electrons. The van der Waals surface area contributed by atoms with Crippen LogP contribution in [0.2, 0.25) is 0 Å². The molecule has 3 aromatic heterocycles. The number of nitrogens with zero attached hydrogens (tertiary/aromatic N) is 4. The van der Waals surface area contributed by atoms with E-state index in [1.807, 2.05) is 24.4 Å². The van der Waals surface area contributed by atoms with Gasteiger partial charge in [0.2, 0.25) is 0 Å². The molecular formula is C13H10N6. The van der Waals surface area contributed by atoms with Crippen molar-refractivity contribution >= 4 is 27.8 Å². The Morgan fingerprint density at radius 3 is 3.05 bits per heavy atom. The predicted molar refractivity (Wildman–Crippen MR) is 72.9 cm³/mol. The second-order valence-corrected chi connectivity index (χ2v) is 4.30. The molecular weight excluding hydrogens is 240 g/mol. The Hall–Kier alpha value is -2.89. The number of hydrogen-bond acceptors (Lipinski definition) is 4. The van der Waals surface area contributed by atoms with Crippen LogP contribution >= 0.6 is 0 Å². The normalized spacial score (nSPS) is 11.4. The third-order valence-corrected chi connectivity index (χ3v) is 3.18. The van der Waals surface area contributed by atoms with Crippen molar-refractivity contribution < 1.29 is 0 Å². The summed E-state index contributed by atoms with van der Waals surface area (Å²) in [5.41, 5.74) is 8.56. The van der Waals surface area contributed by atoms with E-state index in [0.29, 0.717) is 11.5 Å². The number of nitrogens with one attached hydrogen (secondary N) is 1. The molecule has 0 fully saturated rings. The minimum atomic E-state index is 0.443. The summed E-state index contributed by atoms with van der Waals surface area (Å²) in [5.74, 6) is 0.443. The Morgan fingerprint density at radius 2 is 2.11 bits per heavy atom. The van der Waals surface area contributed by atoms with Crippen molar-refractivity contribution in [3.05, 3.63) is 43.0 Å². The van der Waals surface area contributed by atoms with Gasteiger partial charge in [0.15, 0.2) is 5.65 Å². The monoisotopic (exact) mass is 250 g/mol. The maximum atomic E-state index is 5.81. The van der Waals surface area contributed by atoms with Gasteiger partial charge in [0.25, 0.3) is 0 Å². The van der Waals surface area contributed by atoms with Crippen LogP contribution in [0.15, 0.2) is 43.0 Å². The Balaban J connectivity index is 2.00. The first-order valence-corrected chi connectivity index (χ1v) is 5.85. The molecule has 0 saturated carbocycles. The SMILES string of the molecule is Nc1ncnc2c1cnn2-c1ccc2[nH]ccc2c1. The highest BCUT2D eigenvalue weighted by atomic mass is 15.3. The Bertz CT molecular complexity index is 888. The third kappa shape index (κ3) is 1.40. The number of rotatable bonds is 1. The molecule has 0 aliphatic rings. The van der Waals surface area contributed by atoms with E-state index in [1.165, 1.54) is 6.33 Å². The van der Waals surface area contributed by atoms with Crippen molar-refractivity contribution in [2.24, 2.45) is 0 Å². The summed E-state index contributed by atoms with van der Waals surface area (Å²) >= 11 is 0. The van der Waals surface area contributed by atoms with Gasteiger partial charge in [-0.15, -0.1) is 0 Å². The molecule has 3 N–H and O–H groups in total. The van der Waals surface area contributed by atoms with Crippen molar-refractivity contribution in [1.29, 1.82) is 0 Å². The standard InChI is InChI=1S/C13H10N6/c14-12-10-6-18-19(13(10)17-7-16-12)9-1-2-11-8(5-9)3-4-15-11/h1-7,15H,(H2,14,16,17). The lowest BCUT2D eigenvalue weighted by molar-refractivity contribution is 0.897. The summed E-state index contributed by atoms with van der Waals surface area (Å²) in [6.45, 7) is 0. The summed E-state index contributed by atoms with van der Waals surface area (Å²) in [4.78, 5) is 11.4. The molecule has 0 radical (unpaired) electrons. The highest BCUT2D eigenvalue weighted by molar-refractivity contribution is 5.87. The van der Waals surface area contributed by atoms with Crippen LogP contribution in [-0.4, -0.2) is 24.7 Å². The number of benzene rings is 1. The lowest BCUT2D eigenvalue weighted by atomic mass is 10.2. The summed E-state index contributed by atoms with van der Waals surface area (Å²) in [7, 11) is 0. The maximum absolute atomic E-state index is 5.81. The first-order valence-electron chi connectivity index (χ1n) is 5.85. The van der Waals surface area contributed by atoms with Crippen molar-refractivity contribution in [3.8, 4) is 5.69 Å². The lowest BCUT2D eigenvalue weighted by Crippen LogP contribution is -1.98. The zero-order chi connectivity index (χ0) is 12.8. The molecule has 6 nitrogen and oxygen atoms in total. The molecule has 0 bridgehead atoms. The molecule has 4 rings (SSSR count). The van der Waals surface area contributed by atoms with Crippen molar-refractivity contribution in [3.63, 3.8) is 0 Å². The second kappa shape index (κ2) is 3.55. The van der Waals surface area contributed by atoms with Gasteiger partial charge < -0.3 is 10.7 Å². The van der Waals surface area contributed by atoms with Crippen molar-refractivity contribution in [1.82, 2.24) is 24.7 Å². The Morgan fingerprint density at radius 1 is 1.16 bits per heavy atom. The van der Waals surface area contributed by atoms with Crippen LogP contribution in [0.5, 0.6) is 0 Å². The first-order chi connectivity index (χ1) is 9.33. The van der Waals surface area contributed by atoms with Crippen molar-refractivity contribution in [2.45, 2.75) is 0 Å². The number of fused-ring (bicyclic) bond motifs is 2. The molecule has 19 heavy (non-hydrogen) atoms. The first kappa shape index (κ1) is 10.1. The van der Waals surface area contributed by atoms with Crippen LogP contribution < -0.4 is 5.73 Å². The van der Waals surface area contributed by atoms with Crippen LogP contribution in [0, 0.1) is 0 Å². The van der Waals surface area contributed by atoms with Gasteiger partial charge in [0.1, 0.15) is 12.1 Å². The van der Waals surface area contributed by atoms with Gasteiger partial charge in [-0.1, -0.05) is 0 Å². The molecule has 0 aliphatic carbocycles. The number of aromatic nitrogens is 5. The number of hydrogen-bond donors (Lipinski definition) is 2. The van der Waals surface area contributed by atoms with Gasteiger partial charge in [0.05, 0.1) is 17.3 Å². The summed E-state index contributed by atoms with van der Waals surface area (Å²) in [5, 5.41) is 6.23. The molecule has 0 amide bonds. The molecule has 0 spiro atoms. The Kier molecular flexibility index (Phi) is 1.88. The minimum absolute atomic E-state index is 0.443. The van der Waals surface area contributed by atoms with E-state index in [-0.39, 0.29) is 0 Å². The third-order valence-electron chi connectivity index (χ3n) is 3.18. The molecule has 4 aromatic rings. The molecule has 0 atom stereocenters. The van der Waals surface area contributed by atoms with Crippen LogP contribution in [0.1, 0.15) is 0 Å². The fraction of sp³-hybridized carbons (Fsp3) is 0. The largest absolute Gasteiger partial charge is 0.383 e. The van der Waals surface area contributed by atoms with Crippen molar-refractivity contribution in [2.75, 3.05) is 5.73 Å². The van der Waals surface area contributed by atoms with E-state index in [0.717, 1.165) is 22.0 Å². The predicted octanol–water partition coefficient (Wildman–Crippen LogP) is 1.88. The highest BCUT2D eigenvalue weighted by Crippen LogP contribution is 2.22. The molecule has 1 aromatic carbocycles. The quantitative estimate of drug-likeness (QED) is 0.540. The van der Waals surface area contributed by atoms with Gasteiger partial charge in [-0.25, -0.2) is 14.6 Å². The van der Waals surface area contributed by atoms with E-state index in [4.69, 9.17) is 5.73 Å². The number of aromatic amines is 1. The number of nitrogen functional groups attached to an aromatic ring is 1. The molecule has 0 unspecified atom stereocenters. The van der Waals surface area contributed by atoms with E-state index >= 15 is 0 Å². The summed E-state index contributed by atoms with van der Waals surface area (Å²) < 4.78 is 1.76. The Labute approximate surface area is 107 Å². The fourth-order valence-corrected chi connectivity index (χ4v) is 2.22. The summed E-state index contributed by atoms with van der Waals surface area (Å²) in [6, 6.07) is 8.08. The van der Waals surface area contributed by atoms with E-state index in [9.17, 15) is 0 Å². The number of nitrogens with two attached hydrogens (primary N) is 1. The van der Waals surface area contributed by atoms with E-state index in [1.54, 1.807) is 10.9 Å². The van der Waals surface area contributed by atoms with Gasteiger partial charge in [-0.3, -0.25) is 0 Å². The van der Waals surface area contributed by atoms with Crippen LogP contribution in [-0.2, 0) is 0 Å². The highest BCUT2D eigenvalue weighted by Gasteiger charge is 2.09. The smallest absolute Gasteiger partial charge is 0.168 e. The lowest BCUT2D eigenvalue weighted by Gasteiger charge is -2.03. The minimum Gasteiger partial charge on any atom is -0.383 e. The van der Waals surface area contributed by atoms with Gasteiger partial charge in [-0.2, -0.15) is 5.10 Å². The molecule has 6 heteroatoms. The number of H-pyrrole nitrogens is 1. The maximum Gasteiger partial charge on any atom is 0.168 e. The average Bonchev–Trinajstić information content (AvgIpc) is 3.04. The van der Waals surface area contributed by atoms with Gasteiger partial charge >= 0.3 is 0 Å². The zero-order valence-corrected chi connectivity index (χ0v) is 9.91.